The molecule has 1 aliphatic rings. The zero-order chi connectivity index (χ0) is 36.0. The Balaban J connectivity index is 1.53. The van der Waals surface area contributed by atoms with Crippen molar-refractivity contribution in [3.8, 4) is 5.75 Å². The highest BCUT2D eigenvalue weighted by Gasteiger charge is 2.31. The van der Waals surface area contributed by atoms with Crippen molar-refractivity contribution in [3.05, 3.63) is 90.5 Å². The number of rotatable bonds is 2. The molecule has 0 bridgehead atoms. The molecule has 13 nitrogen and oxygen atoms in total. The second-order valence-electron chi connectivity index (χ2n) is 13.9. The van der Waals surface area contributed by atoms with Crippen LogP contribution in [-0.2, 0) is 22.4 Å². The van der Waals surface area contributed by atoms with E-state index in [1.54, 1.807) is 12.1 Å². The molecule has 50 heavy (non-hydrogen) atoms. The normalized spacial score (nSPS) is 13.3. The van der Waals surface area contributed by atoms with E-state index in [1.165, 1.54) is 58.4 Å². The van der Waals surface area contributed by atoms with Crippen LogP contribution >= 0.6 is 0 Å². The maximum atomic E-state index is 16.2. The monoisotopic (exact) mass is 688 g/mol. The van der Waals surface area contributed by atoms with Gasteiger partial charge in [0, 0.05) is 34.5 Å². The van der Waals surface area contributed by atoms with Crippen LogP contribution in [0.5, 0.6) is 5.75 Å². The molecule has 258 valence electrons. The predicted molar refractivity (Wildman–Crippen MR) is 177 cm³/mol. The number of hydrogen-bond acceptors (Lipinski definition) is 10. The molecule has 0 unspecified atom stereocenters. The quantitative estimate of drug-likeness (QED) is 0.225. The van der Waals surface area contributed by atoms with Crippen molar-refractivity contribution < 1.29 is 37.0 Å². The highest BCUT2D eigenvalue weighted by molar-refractivity contribution is 6.21. The van der Waals surface area contributed by atoms with Crippen molar-refractivity contribution in [1.82, 2.24) is 18.7 Å². The van der Waals surface area contributed by atoms with Gasteiger partial charge in [0.05, 0.1) is 35.0 Å². The molecule has 0 N–H and O–H groups in total. The second-order valence-corrected chi connectivity index (χ2v) is 13.9. The molecule has 0 saturated carbocycles. The first-order valence-electron chi connectivity index (χ1n) is 15.6. The smallest absolute Gasteiger partial charge is 0.425 e. The fourth-order valence-corrected chi connectivity index (χ4v) is 6.19. The summed E-state index contributed by atoms with van der Waals surface area (Å²) in [5.74, 6) is -1.36. The number of carbonyl (C=O) groups is 2. The molecule has 4 aromatic heterocycles. The Morgan fingerprint density at radius 2 is 1.54 bits per heavy atom. The Morgan fingerprint density at radius 3 is 2.22 bits per heavy atom. The van der Waals surface area contributed by atoms with Crippen LogP contribution in [0.3, 0.4) is 0 Å². The van der Waals surface area contributed by atoms with E-state index in [2.05, 4.69) is 4.98 Å². The summed E-state index contributed by atoms with van der Waals surface area (Å²) >= 11 is 0. The van der Waals surface area contributed by atoms with Crippen molar-refractivity contribution in [2.45, 2.75) is 65.7 Å². The minimum absolute atomic E-state index is 0.0276. The molecule has 7 rings (SSSR count). The van der Waals surface area contributed by atoms with E-state index < -0.39 is 69.3 Å². The van der Waals surface area contributed by atoms with Gasteiger partial charge in [0.1, 0.15) is 34.1 Å². The Labute approximate surface area is 280 Å². The average Bonchev–Trinajstić information content (AvgIpc) is 3.61. The van der Waals surface area contributed by atoms with Crippen LogP contribution < -0.4 is 21.6 Å². The largest absolute Gasteiger partial charge is 0.492 e. The summed E-state index contributed by atoms with van der Waals surface area (Å²) in [4.78, 5) is 71.6. The molecule has 0 atom stereocenters. The molecule has 0 radical (unpaired) electrons. The summed E-state index contributed by atoms with van der Waals surface area (Å²) < 4.78 is 55.6. The van der Waals surface area contributed by atoms with Crippen molar-refractivity contribution in [2.75, 3.05) is 6.61 Å². The van der Waals surface area contributed by atoms with Crippen molar-refractivity contribution in [3.63, 3.8) is 0 Å². The van der Waals surface area contributed by atoms with Crippen molar-refractivity contribution >= 4 is 56.0 Å². The minimum Gasteiger partial charge on any atom is -0.492 e. The summed E-state index contributed by atoms with van der Waals surface area (Å²) in [5.41, 5.74) is -5.96. The number of nitrogens with zero attached hydrogens (tertiary/aromatic N) is 4. The van der Waals surface area contributed by atoms with Crippen molar-refractivity contribution in [1.29, 1.82) is 0 Å². The molecular weight excluding hydrogens is 658 g/mol. The van der Waals surface area contributed by atoms with Crippen LogP contribution in [0.2, 0.25) is 0 Å². The van der Waals surface area contributed by atoms with E-state index in [9.17, 15) is 24.0 Å². The van der Waals surface area contributed by atoms with Gasteiger partial charge in [-0.1, -0.05) is 0 Å². The van der Waals surface area contributed by atoms with Crippen LogP contribution in [0.25, 0.3) is 43.8 Å². The van der Waals surface area contributed by atoms with Gasteiger partial charge in [-0.05, 0) is 71.9 Å². The van der Waals surface area contributed by atoms with Crippen LogP contribution in [0.4, 0.5) is 18.4 Å². The third kappa shape index (κ3) is 5.20. The zero-order valence-corrected chi connectivity index (χ0v) is 27.8. The van der Waals surface area contributed by atoms with Gasteiger partial charge < -0.3 is 23.2 Å². The van der Waals surface area contributed by atoms with Gasteiger partial charge in [-0.25, -0.2) is 32.9 Å². The third-order valence-corrected chi connectivity index (χ3v) is 8.08. The molecule has 0 aliphatic carbocycles. The Morgan fingerprint density at radius 1 is 0.880 bits per heavy atom. The topological polar surface area (TPSA) is 154 Å². The first-order chi connectivity index (χ1) is 23.4. The lowest BCUT2D eigenvalue weighted by molar-refractivity contribution is 0.0499. The molecule has 0 saturated heterocycles. The first-order valence-corrected chi connectivity index (χ1v) is 15.6. The number of halogens is 2. The lowest BCUT2D eigenvalue weighted by Gasteiger charge is -2.22. The second kappa shape index (κ2) is 11.1. The Bertz CT molecular complexity index is 2660. The molecule has 0 fully saturated rings. The maximum Gasteiger partial charge on any atom is 0.425 e. The number of carbonyl (C=O) groups excluding carboxylic acids is 2. The number of ether oxygens (including phenoxy) is 3. The fourth-order valence-electron chi connectivity index (χ4n) is 6.19. The lowest BCUT2D eigenvalue weighted by Crippen LogP contribution is -2.48. The number of aromatic nitrogens is 4. The number of hydrogen-bond donors (Lipinski definition) is 0. The van der Waals surface area contributed by atoms with E-state index in [1.807, 2.05) is 0 Å². The van der Waals surface area contributed by atoms with Crippen LogP contribution in [0.1, 0.15) is 52.7 Å². The maximum absolute atomic E-state index is 16.2. The van der Waals surface area contributed by atoms with E-state index >= 15 is 8.78 Å². The van der Waals surface area contributed by atoms with Gasteiger partial charge in [-0.15, -0.1) is 0 Å². The summed E-state index contributed by atoms with van der Waals surface area (Å²) in [6.07, 6.45) is -0.907. The van der Waals surface area contributed by atoms with Gasteiger partial charge >= 0.3 is 23.5 Å². The molecule has 5 heterocycles. The standard InChI is InChI=1S/C35H30F2N4O9/c1-34(2,3)49-32(45)40-22-13-20(36)16(12-19(22)29(42)41(31(40)44)33(46)50-35(4,5)6)15-39-23-14-21(37)17-9-11-47-27(17)25(23)24-18-8-7-10-38-28(18)48-30(43)26(24)39/h7-8,10,12-14H,9,11,15H2,1-6H3. The molecule has 1 aliphatic heterocycles. The summed E-state index contributed by atoms with van der Waals surface area (Å²) in [5, 5.41) is 0.753. The van der Waals surface area contributed by atoms with Gasteiger partial charge in [0.25, 0.3) is 5.56 Å². The van der Waals surface area contributed by atoms with Gasteiger partial charge in [0.2, 0.25) is 5.71 Å². The van der Waals surface area contributed by atoms with Gasteiger partial charge in [0.15, 0.2) is 0 Å². The molecule has 2 aromatic carbocycles. The lowest BCUT2D eigenvalue weighted by atomic mass is 10.1. The zero-order valence-electron chi connectivity index (χ0n) is 27.8. The minimum atomic E-state index is -1.43. The average molecular weight is 689 g/mol. The summed E-state index contributed by atoms with van der Waals surface area (Å²) in [6, 6.07) is 6.37. The molecule has 0 spiro atoms. The van der Waals surface area contributed by atoms with Gasteiger partial charge in [-0.2, -0.15) is 9.13 Å². The number of pyridine rings is 1. The van der Waals surface area contributed by atoms with Crippen molar-refractivity contribution in [2.24, 2.45) is 0 Å². The Hall–Kier alpha value is -5.86. The van der Waals surface area contributed by atoms with E-state index in [0.29, 0.717) is 32.7 Å². The molecule has 0 amide bonds. The molecular formula is C35H30F2N4O9. The van der Waals surface area contributed by atoms with Crippen LogP contribution in [0.15, 0.2) is 55.3 Å². The summed E-state index contributed by atoms with van der Waals surface area (Å²) in [6.45, 7) is 8.89. The molecule has 6 aromatic rings. The third-order valence-electron chi connectivity index (χ3n) is 8.08. The highest BCUT2D eigenvalue weighted by atomic mass is 19.1. The molecule has 15 heteroatoms. The first kappa shape index (κ1) is 32.7. The van der Waals surface area contributed by atoms with E-state index in [0.717, 1.165) is 12.1 Å². The van der Waals surface area contributed by atoms with Crippen LogP contribution in [0, 0.1) is 11.6 Å². The SMILES string of the molecule is CC(C)(C)OC(=O)n1c(=O)c2cc(Cn3c4cc(F)c5c(c4c4c6cccnc6oc(=O)c43)OCC5)c(F)cc2n(C(=O)OC(C)(C)C)c1=O. The Kier molecular flexibility index (Phi) is 7.24. The number of benzene rings is 2. The summed E-state index contributed by atoms with van der Waals surface area (Å²) in [7, 11) is 0. The van der Waals surface area contributed by atoms with E-state index in [-0.39, 0.29) is 39.2 Å². The van der Waals surface area contributed by atoms with E-state index in [4.69, 9.17) is 18.6 Å². The fraction of sp³-hybridized carbons (Fsp3) is 0.314. The van der Waals surface area contributed by atoms with Crippen LogP contribution in [-0.4, -0.2) is 48.7 Å². The number of fused-ring (bicyclic) bond motifs is 8. The van der Waals surface area contributed by atoms with Gasteiger partial charge in [-0.3, -0.25) is 4.79 Å². The highest BCUT2D eigenvalue weighted by Crippen LogP contribution is 2.43. The predicted octanol–water partition coefficient (Wildman–Crippen LogP) is 5.60.